The van der Waals surface area contributed by atoms with E-state index in [1.165, 1.54) is 19.1 Å². The summed E-state index contributed by atoms with van der Waals surface area (Å²) in [4.78, 5) is 37.3. The highest BCUT2D eigenvalue weighted by molar-refractivity contribution is 5.95. The van der Waals surface area contributed by atoms with Crippen molar-refractivity contribution in [2.45, 2.75) is 32.0 Å². The van der Waals surface area contributed by atoms with Crippen molar-refractivity contribution in [2.75, 3.05) is 6.54 Å². The van der Waals surface area contributed by atoms with Crippen LogP contribution in [0.5, 0.6) is 0 Å². The number of alkyl halides is 3. The van der Waals surface area contributed by atoms with Crippen LogP contribution in [0.2, 0.25) is 0 Å². The summed E-state index contributed by atoms with van der Waals surface area (Å²) in [5.74, 6) is -2.04. The van der Waals surface area contributed by atoms with Crippen molar-refractivity contribution in [3.8, 4) is 5.69 Å². The van der Waals surface area contributed by atoms with Crippen molar-refractivity contribution in [3.05, 3.63) is 57.5 Å². The first kappa shape index (κ1) is 19.6. The molecule has 1 aliphatic rings. The molecule has 0 bridgehead atoms. The Morgan fingerprint density at radius 3 is 2.61 bits per heavy atom. The number of hydrogen-bond acceptors (Lipinski definition) is 4. The van der Waals surface area contributed by atoms with E-state index in [9.17, 15) is 32.7 Å². The van der Waals surface area contributed by atoms with Crippen LogP contribution in [-0.2, 0) is 11.0 Å². The van der Waals surface area contributed by atoms with Gasteiger partial charge < -0.3 is 10.0 Å². The summed E-state index contributed by atoms with van der Waals surface area (Å²) >= 11 is 0. The molecule has 0 saturated carbocycles. The average Bonchev–Trinajstić information content (AvgIpc) is 3.11. The van der Waals surface area contributed by atoms with Gasteiger partial charge in [-0.1, -0.05) is 6.07 Å². The van der Waals surface area contributed by atoms with Crippen LogP contribution < -0.4 is 5.43 Å². The number of carbonyl (C=O) groups excluding carboxylic acids is 1. The van der Waals surface area contributed by atoms with Gasteiger partial charge in [0.2, 0.25) is 5.43 Å². The maximum Gasteiger partial charge on any atom is 0.416 e. The lowest BCUT2D eigenvalue weighted by atomic mass is 10.2. The van der Waals surface area contributed by atoms with Crippen molar-refractivity contribution in [3.63, 3.8) is 0 Å². The molecule has 0 radical (unpaired) electrons. The molecule has 1 fully saturated rings. The van der Waals surface area contributed by atoms with E-state index in [4.69, 9.17) is 0 Å². The van der Waals surface area contributed by atoms with Crippen LogP contribution in [-0.4, -0.2) is 44.3 Å². The summed E-state index contributed by atoms with van der Waals surface area (Å²) in [5, 5.41) is 13.2. The number of carboxylic acids is 1. The Morgan fingerprint density at radius 1 is 1.25 bits per heavy atom. The second-order valence-electron chi connectivity index (χ2n) is 6.45. The molecule has 0 unspecified atom stereocenters. The van der Waals surface area contributed by atoms with Crippen molar-refractivity contribution < 1.29 is 27.9 Å². The zero-order valence-electron chi connectivity index (χ0n) is 14.7. The molecule has 1 N–H and O–H groups in total. The first-order valence-corrected chi connectivity index (χ1v) is 8.42. The van der Waals surface area contributed by atoms with E-state index in [0.29, 0.717) is 6.42 Å². The Labute approximate surface area is 157 Å². The van der Waals surface area contributed by atoms with Gasteiger partial charge in [-0.15, -0.1) is 0 Å². The minimum Gasteiger partial charge on any atom is -0.480 e. The fourth-order valence-corrected chi connectivity index (χ4v) is 3.17. The van der Waals surface area contributed by atoms with Gasteiger partial charge in [0.1, 0.15) is 6.04 Å². The monoisotopic (exact) mass is 395 g/mol. The molecular weight excluding hydrogens is 379 g/mol. The lowest BCUT2D eigenvalue weighted by molar-refractivity contribution is -0.141. The Kier molecular flexibility index (Phi) is 4.97. The molecule has 0 spiro atoms. The van der Waals surface area contributed by atoms with Gasteiger partial charge in [-0.3, -0.25) is 9.59 Å². The molecule has 148 valence electrons. The summed E-state index contributed by atoms with van der Waals surface area (Å²) in [6.07, 6.45) is -3.84. The van der Waals surface area contributed by atoms with Crippen LogP contribution in [0.3, 0.4) is 0 Å². The highest BCUT2D eigenvalue weighted by Crippen LogP contribution is 2.30. The van der Waals surface area contributed by atoms with Crippen molar-refractivity contribution in [1.82, 2.24) is 14.7 Å². The molecule has 1 saturated heterocycles. The van der Waals surface area contributed by atoms with Crippen LogP contribution in [0.1, 0.15) is 34.6 Å². The summed E-state index contributed by atoms with van der Waals surface area (Å²) in [6.45, 7) is 1.63. The number of nitrogens with zero attached hydrogens (tertiary/aromatic N) is 3. The van der Waals surface area contributed by atoms with E-state index in [1.54, 1.807) is 0 Å². The second-order valence-corrected chi connectivity index (χ2v) is 6.45. The number of aryl methyl sites for hydroxylation is 1. The fourth-order valence-electron chi connectivity index (χ4n) is 3.17. The topological polar surface area (TPSA) is 92.5 Å². The normalized spacial score (nSPS) is 17.0. The number of hydrogen-bond donors (Lipinski definition) is 1. The van der Waals surface area contributed by atoms with Crippen LogP contribution in [0, 0.1) is 6.92 Å². The molecule has 2 aromatic rings. The molecule has 2 heterocycles. The Bertz CT molecular complexity index is 1000. The maximum atomic E-state index is 13.0. The largest absolute Gasteiger partial charge is 0.480 e. The molecule has 1 amide bonds. The van der Waals surface area contributed by atoms with Crippen LogP contribution in [0.4, 0.5) is 13.2 Å². The van der Waals surface area contributed by atoms with Gasteiger partial charge in [-0.25, -0.2) is 9.48 Å². The molecule has 1 aliphatic heterocycles. The van der Waals surface area contributed by atoms with Crippen molar-refractivity contribution >= 4 is 11.9 Å². The zero-order valence-corrected chi connectivity index (χ0v) is 14.7. The van der Waals surface area contributed by atoms with Gasteiger partial charge in [0.05, 0.1) is 11.3 Å². The SMILES string of the molecule is Cc1cc(=O)c(C(=O)N2CCC[C@H]2C(=O)O)nn1-c1cccc(C(F)(F)F)c1. The van der Waals surface area contributed by atoms with E-state index >= 15 is 0 Å². The third-order valence-electron chi connectivity index (χ3n) is 4.53. The van der Waals surface area contributed by atoms with Crippen molar-refractivity contribution in [2.24, 2.45) is 0 Å². The van der Waals surface area contributed by atoms with Gasteiger partial charge in [-0.2, -0.15) is 18.3 Å². The predicted octanol–water partition coefficient (Wildman–Crippen LogP) is 2.25. The maximum absolute atomic E-state index is 13.0. The summed E-state index contributed by atoms with van der Waals surface area (Å²) in [7, 11) is 0. The van der Waals surface area contributed by atoms with Gasteiger partial charge >= 0.3 is 12.1 Å². The number of rotatable bonds is 3. The average molecular weight is 395 g/mol. The van der Waals surface area contributed by atoms with Gasteiger partial charge in [0.15, 0.2) is 5.69 Å². The highest BCUT2D eigenvalue weighted by atomic mass is 19.4. The zero-order chi connectivity index (χ0) is 20.6. The molecule has 28 heavy (non-hydrogen) atoms. The number of carbonyl (C=O) groups is 2. The molecule has 1 aromatic carbocycles. The first-order chi connectivity index (χ1) is 13.1. The number of amides is 1. The van der Waals surface area contributed by atoms with E-state index in [2.05, 4.69) is 5.10 Å². The van der Waals surface area contributed by atoms with Crippen molar-refractivity contribution in [1.29, 1.82) is 0 Å². The number of likely N-dealkylation sites (tertiary alicyclic amines) is 1. The second kappa shape index (κ2) is 7.10. The molecule has 0 aliphatic carbocycles. The highest BCUT2D eigenvalue weighted by Gasteiger charge is 2.36. The van der Waals surface area contributed by atoms with E-state index < -0.39 is 40.8 Å². The summed E-state index contributed by atoms with van der Waals surface area (Å²) in [5.41, 5.74) is -1.89. The Morgan fingerprint density at radius 2 is 1.96 bits per heavy atom. The Balaban J connectivity index is 2.06. The third kappa shape index (κ3) is 3.62. The predicted molar refractivity (Wildman–Crippen MR) is 91.3 cm³/mol. The number of aliphatic carboxylic acids is 1. The smallest absolute Gasteiger partial charge is 0.416 e. The number of carboxylic acid groups (broad SMARTS) is 1. The summed E-state index contributed by atoms with van der Waals surface area (Å²) < 4.78 is 40.0. The molecular formula is C18H16F3N3O4. The quantitative estimate of drug-likeness (QED) is 0.861. The van der Waals surface area contributed by atoms with Crippen LogP contribution >= 0.6 is 0 Å². The van der Waals surface area contributed by atoms with E-state index in [-0.39, 0.29) is 24.3 Å². The number of benzene rings is 1. The number of aromatic nitrogens is 2. The lowest BCUT2D eigenvalue weighted by Gasteiger charge is -2.21. The van der Waals surface area contributed by atoms with Gasteiger partial charge in [0, 0.05) is 18.3 Å². The molecule has 1 atom stereocenters. The lowest BCUT2D eigenvalue weighted by Crippen LogP contribution is -2.43. The van der Waals surface area contributed by atoms with Crippen LogP contribution in [0.25, 0.3) is 5.69 Å². The van der Waals surface area contributed by atoms with Crippen LogP contribution in [0.15, 0.2) is 35.1 Å². The minimum atomic E-state index is -4.56. The minimum absolute atomic E-state index is 0.0255. The van der Waals surface area contributed by atoms with E-state index in [0.717, 1.165) is 27.8 Å². The molecule has 3 rings (SSSR count). The summed E-state index contributed by atoms with van der Waals surface area (Å²) in [6, 6.07) is 4.34. The number of halogens is 3. The van der Waals surface area contributed by atoms with Gasteiger partial charge in [-0.05, 0) is 38.0 Å². The van der Waals surface area contributed by atoms with E-state index in [1.807, 2.05) is 0 Å². The fraction of sp³-hybridized carbons (Fsp3) is 0.333. The molecule has 1 aromatic heterocycles. The first-order valence-electron chi connectivity index (χ1n) is 8.42. The molecule has 7 nitrogen and oxygen atoms in total. The molecule has 10 heteroatoms. The third-order valence-corrected chi connectivity index (χ3v) is 4.53. The van der Waals surface area contributed by atoms with Gasteiger partial charge in [0.25, 0.3) is 5.91 Å². The Hall–Kier alpha value is -3.17. The standard InChI is InChI=1S/C18H16F3N3O4/c1-10-8-14(25)15(16(26)23-7-3-6-13(23)17(27)28)22-24(10)12-5-2-4-11(9-12)18(19,20)21/h2,4-5,8-9,13H,3,6-7H2,1H3,(H,27,28)/t13-/m0/s1.